The molecular formula is C13H14N4O. The Bertz CT molecular complexity index is 761. The molecule has 92 valence electrons. The van der Waals surface area contributed by atoms with Crippen LogP contribution in [0.5, 0.6) is 5.75 Å². The quantitative estimate of drug-likeness (QED) is 0.709. The van der Waals surface area contributed by atoms with Crippen molar-refractivity contribution in [2.45, 2.75) is 6.92 Å². The van der Waals surface area contributed by atoms with E-state index in [0.717, 1.165) is 33.2 Å². The summed E-state index contributed by atoms with van der Waals surface area (Å²) in [5, 5.41) is 6.11. The molecule has 0 aliphatic heterocycles. The van der Waals surface area contributed by atoms with Gasteiger partial charge in [0.1, 0.15) is 11.3 Å². The number of aromatic nitrogens is 3. The summed E-state index contributed by atoms with van der Waals surface area (Å²) in [6.07, 6.45) is 0. The highest BCUT2D eigenvalue weighted by Crippen LogP contribution is 2.30. The topological polar surface area (TPSA) is 66.0 Å². The third kappa shape index (κ3) is 1.33. The van der Waals surface area contributed by atoms with E-state index in [1.807, 2.05) is 32.2 Å². The maximum absolute atomic E-state index is 5.89. The normalized spacial score (nSPS) is 11.3. The molecule has 18 heavy (non-hydrogen) atoms. The van der Waals surface area contributed by atoms with E-state index in [2.05, 4.69) is 10.1 Å². The molecule has 0 saturated heterocycles. The van der Waals surface area contributed by atoms with Crippen LogP contribution in [0.15, 0.2) is 18.2 Å². The molecule has 0 bridgehead atoms. The lowest BCUT2D eigenvalue weighted by atomic mass is 10.1. The van der Waals surface area contributed by atoms with Crippen LogP contribution in [-0.4, -0.2) is 21.9 Å². The first-order chi connectivity index (χ1) is 8.61. The number of aryl methyl sites for hydroxylation is 2. The molecule has 0 atom stereocenters. The molecule has 3 aromatic rings. The van der Waals surface area contributed by atoms with Crippen LogP contribution in [0.2, 0.25) is 0 Å². The van der Waals surface area contributed by atoms with Crippen LogP contribution in [0.3, 0.4) is 0 Å². The van der Waals surface area contributed by atoms with E-state index < -0.39 is 0 Å². The van der Waals surface area contributed by atoms with Crippen molar-refractivity contribution in [2.75, 3.05) is 12.8 Å². The minimum atomic E-state index is 0.504. The van der Waals surface area contributed by atoms with Crippen molar-refractivity contribution in [3.63, 3.8) is 0 Å². The third-order valence-corrected chi connectivity index (χ3v) is 3.21. The first kappa shape index (κ1) is 10.8. The zero-order valence-electron chi connectivity index (χ0n) is 10.6. The summed E-state index contributed by atoms with van der Waals surface area (Å²) in [5.74, 6) is 1.27. The fourth-order valence-electron chi connectivity index (χ4n) is 2.22. The van der Waals surface area contributed by atoms with Crippen molar-refractivity contribution in [2.24, 2.45) is 7.05 Å². The second-order valence-corrected chi connectivity index (χ2v) is 4.35. The van der Waals surface area contributed by atoms with Gasteiger partial charge in [0, 0.05) is 12.4 Å². The lowest BCUT2D eigenvalue weighted by Crippen LogP contribution is -1.94. The molecule has 0 aliphatic carbocycles. The second kappa shape index (κ2) is 3.60. The van der Waals surface area contributed by atoms with Gasteiger partial charge in [0.2, 0.25) is 0 Å². The number of nitrogen functional groups attached to an aromatic ring is 1. The largest absolute Gasteiger partial charge is 0.494 e. The maximum Gasteiger partial charge on any atom is 0.160 e. The highest BCUT2D eigenvalue weighted by Gasteiger charge is 2.12. The molecule has 3 rings (SSSR count). The number of methoxy groups -OCH3 is 1. The number of nitrogens with zero attached hydrogens (tertiary/aromatic N) is 3. The Balaban J connectivity index is 2.53. The molecule has 2 aromatic heterocycles. The van der Waals surface area contributed by atoms with E-state index in [1.165, 1.54) is 0 Å². The Kier molecular flexibility index (Phi) is 2.16. The number of rotatable bonds is 1. The summed E-state index contributed by atoms with van der Waals surface area (Å²) in [7, 11) is 3.48. The van der Waals surface area contributed by atoms with Crippen LogP contribution >= 0.6 is 0 Å². The number of pyridine rings is 1. The summed E-state index contributed by atoms with van der Waals surface area (Å²) in [6, 6.07) is 5.97. The van der Waals surface area contributed by atoms with Gasteiger partial charge >= 0.3 is 0 Å². The van der Waals surface area contributed by atoms with Crippen molar-refractivity contribution < 1.29 is 4.74 Å². The molecule has 5 heteroatoms. The molecular weight excluding hydrogens is 228 g/mol. The number of benzene rings is 1. The minimum Gasteiger partial charge on any atom is -0.494 e. The van der Waals surface area contributed by atoms with E-state index in [9.17, 15) is 0 Å². The van der Waals surface area contributed by atoms with E-state index in [0.29, 0.717) is 5.82 Å². The average molecular weight is 242 g/mol. The van der Waals surface area contributed by atoms with Gasteiger partial charge in [-0.3, -0.25) is 0 Å². The van der Waals surface area contributed by atoms with Crippen molar-refractivity contribution in [3.05, 3.63) is 23.8 Å². The maximum atomic E-state index is 5.89. The average Bonchev–Trinajstić information content (AvgIpc) is 2.64. The van der Waals surface area contributed by atoms with Crippen molar-refractivity contribution in [3.8, 4) is 5.75 Å². The van der Waals surface area contributed by atoms with Crippen LogP contribution in [0.25, 0.3) is 21.9 Å². The van der Waals surface area contributed by atoms with Gasteiger partial charge < -0.3 is 10.5 Å². The summed E-state index contributed by atoms with van der Waals surface area (Å²) < 4.78 is 7.04. The number of anilines is 1. The van der Waals surface area contributed by atoms with Crippen molar-refractivity contribution in [1.29, 1.82) is 0 Å². The van der Waals surface area contributed by atoms with Gasteiger partial charge in [-0.25, -0.2) is 9.67 Å². The molecule has 2 heterocycles. The van der Waals surface area contributed by atoms with Gasteiger partial charge in [-0.2, -0.15) is 5.10 Å². The van der Waals surface area contributed by atoms with Gasteiger partial charge in [0.25, 0.3) is 0 Å². The lowest BCUT2D eigenvalue weighted by Gasteiger charge is -2.07. The summed E-state index contributed by atoms with van der Waals surface area (Å²) >= 11 is 0. The number of hydrogen-bond acceptors (Lipinski definition) is 4. The minimum absolute atomic E-state index is 0.504. The summed E-state index contributed by atoms with van der Waals surface area (Å²) in [6.45, 7) is 2.04. The first-order valence-electron chi connectivity index (χ1n) is 5.68. The smallest absolute Gasteiger partial charge is 0.160 e. The molecule has 5 nitrogen and oxygen atoms in total. The van der Waals surface area contributed by atoms with Gasteiger partial charge in [-0.05, 0) is 24.6 Å². The Hall–Kier alpha value is -2.30. The predicted molar refractivity (Wildman–Crippen MR) is 71.7 cm³/mol. The standard InChI is InChI=1S/C13H14N4O/c1-7-4-5-10(18-3)11-8(7)6-9-12(14)16-17(2)13(9)15-11/h4-6H,1-3H3,(H2,14,16). The van der Waals surface area contributed by atoms with Gasteiger partial charge in [0.15, 0.2) is 11.5 Å². The van der Waals surface area contributed by atoms with Crippen LogP contribution < -0.4 is 10.5 Å². The lowest BCUT2D eigenvalue weighted by molar-refractivity contribution is 0.419. The van der Waals surface area contributed by atoms with Gasteiger partial charge in [-0.1, -0.05) is 6.07 Å². The molecule has 0 unspecified atom stereocenters. The zero-order chi connectivity index (χ0) is 12.9. The first-order valence-corrected chi connectivity index (χ1v) is 5.68. The van der Waals surface area contributed by atoms with E-state index >= 15 is 0 Å². The SMILES string of the molecule is COc1ccc(C)c2cc3c(N)nn(C)c3nc12. The number of fused-ring (bicyclic) bond motifs is 2. The van der Waals surface area contributed by atoms with E-state index in [4.69, 9.17) is 10.5 Å². The monoisotopic (exact) mass is 242 g/mol. The summed E-state index contributed by atoms with van der Waals surface area (Å²) in [5.41, 5.74) is 8.64. The van der Waals surface area contributed by atoms with Crippen LogP contribution in [-0.2, 0) is 7.05 Å². The third-order valence-electron chi connectivity index (χ3n) is 3.21. The Morgan fingerprint density at radius 2 is 2.06 bits per heavy atom. The van der Waals surface area contributed by atoms with Crippen LogP contribution in [0, 0.1) is 6.92 Å². The molecule has 2 N–H and O–H groups in total. The zero-order valence-corrected chi connectivity index (χ0v) is 10.6. The summed E-state index contributed by atoms with van der Waals surface area (Å²) in [4.78, 5) is 4.63. The Morgan fingerprint density at radius 3 is 2.78 bits per heavy atom. The van der Waals surface area contributed by atoms with Crippen molar-refractivity contribution >= 4 is 27.8 Å². The van der Waals surface area contributed by atoms with Crippen LogP contribution in [0.1, 0.15) is 5.56 Å². The number of nitrogens with two attached hydrogens (primary N) is 1. The predicted octanol–water partition coefficient (Wildman–Crippen LogP) is 2.02. The molecule has 1 aromatic carbocycles. The molecule has 0 aliphatic rings. The molecule has 0 fully saturated rings. The van der Waals surface area contributed by atoms with Gasteiger partial charge in [0.05, 0.1) is 12.5 Å². The van der Waals surface area contributed by atoms with E-state index in [-0.39, 0.29) is 0 Å². The van der Waals surface area contributed by atoms with Gasteiger partial charge in [-0.15, -0.1) is 0 Å². The Labute approximate surface area is 104 Å². The molecule has 0 radical (unpaired) electrons. The molecule has 0 amide bonds. The molecule has 0 saturated carbocycles. The fourth-order valence-corrected chi connectivity index (χ4v) is 2.22. The van der Waals surface area contributed by atoms with Crippen molar-refractivity contribution in [1.82, 2.24) is 14.8 Å². The second-order valence-electron chi connectivity index (χ2n) is 4.35. The highest BCUT2D eigenvalue weighted by atomic mass is 16.5. The number of ether oxygens (including phenoxy) is 1. The molecule has 0 spiro atoms. The van der Waals surface area contributed by atoms with Crippen LogP contribution in [0.4, 0.5) is 5.82 Å². The Morgan fingerprint density at radius 1 is 1.28 bits per heavy atom. The van der Waals surface area contributed by atoms with E-state index in [1.54, 1.807) is 11.8 Å². The highest BCUT2D eigenvalue weighted by molar-refractivity contribution is 5.99. The number of hydrogen-bond donors (Lipinski definition) is 1. The fraction of sp³-hybridized carbons (Fsp3) is 0.231.